The number of halogens is 2. The van der Waals surface area contributed by atoms with Gasteiger partial charge in [-0.1, -0.05) is 81.7 Å². The largest absolute Gasteiger partial charge is 0.361 e. The highest BCUT2D eigenvalue weighted by molar-refractivity contribution is 6.33. The molecule has 3 rings (SSSR count). The molecule has 1 aromatic heterocycles. The third-order valence-corrected chi connectivity index (χ3v) is 4.27. The molecule has 0 amide bonds. The topological polar surface area (TPSA) is 26.0 Å². The molecule has 146 valence electrons. The average Bonchev–Trinajstić information content (AvgIpc) is 3.06. The molecule has 0 unspecified atom stereocenters. The van der Waals surface area contributed by atoms with Gasteiger partial charge in [-0.25, -0.2) is 4.39 Å². The van der Waals surface area contributed by atoms with E-state index in [1.54, 1.807) is 12.1 Å². The van der Waals surface area contributed by atoms with Gasteiger partial charge in [0.25, 0.3) is 0 Å². The lowest BCUT2D eigenvalue weighted by Gasteiger charge is -2.06. The Balaban J connectivity index is 0.000000282. The molecule has 2 aromatic carbocycles. The van der Waals surface area contributed by atoms with Crippen LogP contribution in [0.2, 0.25) is 5.02 Å². The van der Waals surface area contributed by atoms with Crippen molar-refractivity contribution in [3.8, 4) is 11.3 Å². The molecule has 27 heavy (non-hydrogen) atoms. The molecule has 0 saturated carbocycles. The number of nitrogens with zero attached hydrogens (tertiary/aromatic N) is 1. The molecule has 0 aliphatic heterocycles. The molecule has 1 heterocycles. The second-order valence-corrected chi connectivity index (χ2v) is 6.52. The van der Waals surface area contributed by atoms with Crippen LogP contribution < -0.4 is 0 Å². The molecule has 0 aliphatic rings. The molecule has 0 radical (unpaired) electrons. The highest BCUT2D eigenvalue weighted by Gasteiger charge is 2.18. The van der Waals surface area contributed by atoms with Gasteiger partial charge in [-0.15, -0.1) is 0 Å². The van der Waals surface area contributed by atoms with Crippen molar-refractivity contribution in [3.63, 3.8) is 0 Å². The van der Waals surface area contributed by atoms with E-state index in [4.69, 9.17) is 16.1 Å². The van der Waals surface area contributed by atoms with Crippen LogP contribution in [0.1, 0.15) is 57.4 Å². The Hall–Kier alpha value is -2.13. The van der Waals surface area contributed by atoms with Crippen molar-refractivity contribution in [2.24, 2.45) is 0 Å². The van der Waals surface area contributed by atoms with Crippen LogP contribution in [0.4, 0.5) is 4.39 Å². The van der Waals surface area contributed by atoms with E-state index in [9.17, 15) is 4.39 Å². The smallest absolute Gasteiger partial charge is 0.137 e. The first-order valence-electron chi connectivity index (χ1n) is 9.39. The molecule has 0 spiro atoms. The van der Waals surface area contributed by atoms with Crippen molar-refractivity contribution in [1.29, 1.82) is 0 Å². The van der Waals surface area contributed by atoms with Crippen molar-refractivity contribution in [3.05, 3.63) is 76.3 Å². The van der Waals surface area contributed by atoms with E-state index < -0.39 is 0 Å². The van der Waals surface area contributed by atoms with E-state index in [1.165, 1.54) is 17.7 Å². The van der Waals surface area contributed by atoms with Crippen molar-refractivity contribution in [2.75, 3.05) is 0 Å². The predicted octanol–water partition coefficient (Wildman–Crippen LogP) is 7.84. The highest BCUT2D eigenvalue weighted by Crippen LogP contribution is 2.34. The zero-order valence-corrected chi connectivity index (χ0v) is 17.8. The zero-order valence-electron chi connectivity index (χ0n) is 17.0. The average molecular weight is 390 g/mol. The van der Waals surface area contributed by atoms with Gasteiger partial charge in [-0.3, -0.25) is 0 Å². The Morgan fingerprint density at radius 2 is 1.63 bits per heavy atom. The van der Waals surface area contributed by atoms with E-state index in [2.05, 4.69) is 19.0 Å². The Labute approximate surface area is 167 Å². The van der Waals surface area contributed by atoms with Crippen molar-refractivity contribution < 1.29 is 8.91 Å². The van der Waals surface area contributed by atoms with Crippen LogP contribution in [0.15, 0.2) is 53.1 Å². The SMILES string of the molecule is CC.CCc1ccc(F)cc1.Cc1onc(-c2ccccc2Cl)c1C(C)C. The fourth-order valence-electron chi connectivity index (χ4n) is 2.63. The van der Waals surface area contributed by atoms with Crippen LogP contribution >= 0.6 is 11.6 Å². The Bertz CT molecular complexity index is 810. The first-order valence-corrected chi connectivity index (χ1v) is 9.77. The molecular weight excluding hydrogens is 361 g/mol. The molecule has 0 fully saturated rings. The summed E-state index contributed by atoms with van der Waals surface area (Å²) in [6.45, 7) is 12.2. The van der Waals surface area contributed by atoms with Crippen LogP contribution in [0.25, 0.3) is 11.3 Å². The molecule has 0 aliphatic carbocycles. The maximum absolute atomic E-state index is 12.2. The van der Waals surface area contributed by atoms with Gasteiger partial charge in [0.05, 0.1) is 5.02 Å². The summed E-state index contributed by atoms with van der Waals surface area (Å²) in [6.07, 6.45) is 0.972. The Kier molecular flexibility index (Phi) is 9.81. The van der Waals surface area contributed by atoms with Crippen LogP contribution in [0.3, 0.4) is 0 Å². The lowest BCUT2D eigenvalue weighted by atomic mass is 9.97. The summed E-state index contributed by atoms with van der Waals surface area (Å²) in [5.74, 6) is 1.08. The number of aromatic nitrogens is 1. The number of rotatable bonds is 3. The van der Waals surface area contributed by atoms with Gasteiger partial charge in [0.15, 0.2) is 0 Å². The zero-order chi connectivity index (χ0) is 20.4. The predicted molar refractivity (Wildman–Crippen MR) is 113 cm³/mol. The Morgan fingerprint density at radius 3 is 2.15 bits per heavy atom. The fraction of sp³-hybridized carbons (Fsp3) is 0.348. The molecular formula is C23H29ClFNO. The van der Waals surface area contributed by atoms with E-state index in [-0.39, 0.29) is 5.82 Å². The highest BCUT2D eigenvalue weighted by atomic mass is 35.5. The monoisotopic (exact) mass is 389 g/mol. The first kappa shape index (κ1) is 22.9. The van der Waals surface area contributed by atoms with Gasteiger partial charge in [-0.05, 0) is 43.0 Å². The summed E-state index contributed by atoms with van der Waals surface area (Å²) >= 11 is 6.16. The van der Waals surface area contributed by atoms with Gasteiger partial charge in [0.2, 0.25) is 0 Å². The Morgan fingerprint density at radius 1 is 1.04 bits per heavy atom. The van der Waals surface area contributed by atoms with Crippen molar-refractivity contribution >= 4 is 11.6 Å². The van der Waals surface area contributed by atoms with E-state index in [0.29, 0.717) is 10.9 Å². The van der Waals surface area contributed by atoms with Crippen molar-refractivity contribution in [2.45, 2.75) is 53.9 Å². The summed E-state index contributed by atoms with van der Waals surface area (Å²) in [4.78, 5) is 0. The normalized spacial score (nSPS) is 9.96. The van der Waals surface area contributed by atoms with Gasteiger partial charge >= 0.3 is 0 Å². The molecule has 0 saturated heterocycles. The molecule has 0 bridgehead atoms. The number of hydrogen-bond acceptors (Lipinski definition) is 2. The van der Waals surface area contributed by atoms with Crippen molar-refractivity contribution in [1.82, 2.24) is 5.16 Å². The van der Waals surface area contributed by atoms with E-state index >= 15 is 0 Å². The minimum atomic E-state index is -0.160. The summed E-state index contributed by atoms with van der Waals surface area (Å²) in [6, 6.07) is 14.3. The number of aryl methyl sites for hydroxylation is 2. The molecule has 0 N–H and O–H groups in total. The van der Waals surface area contributed by atoms with Crippen LogP contribution in [-0.2, 0) is 6.42 Å². The molecule has 3 aromatic rings. The molecule has 2 nitrogen and oxygen atoms in total. The molecule has 0 atom stereocenters. The number of hydrogen-bond donors (Lipinski definition) is 0. The standard InChI is InChI=1S/C13H14ClNO.C8H9F.C2H6/c1-8(2)12-9(3)16-15-13(12)10-6-4-5-7-11(10)14;1-2-7-3-5-8(9)6-4-7;1-2/h4-8H,1-3H3;3-6H,2H2,1H3;1-2H3. The van der Waals surface area contributed by atoms with Gasteiger partial charge in [0, 0.05) is 11.1 Å². The van der Waals surface area contributed by atoms with E-state index in [0.717, 1.165) is 29.0 Å². The summed E-state index contributed by atoms with van der Waals surface area (Å²) < 4.78 is 17.5. The van der Waals surface area contributed by atoms with Gasteiger partial charge in [0.1, 0.15) is 17.3 Å². The maximum atomic E-state index is 12.2. The lowest BCUT2D eigenvalue weighted by Crippen LogP contribution is -1.92. The third-order valence-electron chi connectivity index (χ3n) is 3.94. The first-order chi connectivity index (χ1) is 12.9. The van der Waals surface area contributed by atoms with Gasteiger partial charge in [-0.2, -0.15) is 0 Å². The van der Waals surface area contributed by atoms with Crippen LogP contribution in [0, 0.1) is 12.7 Å². The second kappa shape index (κ2) is 11.6. The minimum Gasteiger partial charge on any atom is -0.361 e. The summed E-state index contributed by atoms with van der Waals surface area (Å²) in [7, 11) is 0. The molecule has 4 heteroatoms. The number of benzene rings is 2. The second-order valence-electron chi connectivity index (χ2n) is 6.12. The third kappa shape index (κ3) is 6.51. The minimum absolute atomic E-state index is 0.160. The van der Waals surface area contributed by atoms with Crippen LogP contribution in [-0.4, -0.2) is 5.16 Å². The lowest BCUT2D eigenvalue weighted by molar-refractivity contribution is 0.397. The quantitative estimate of drug-likeness (QED) is 0.455. The van der Waals surface area contributed by atoms with Crippen LogP contribution in [0.5, 0.6) is 0 Å². The van der Waals surface area contributed by atoms with Gasteiger partial charge < -0.3 is 4.52 Å². The fourth-order valence-corrected chi connectivity index (χ4v) is 2.85. The van der Waals surface area contributed by atoms with E-state index in [1.807, 2.05) is 52.0 Å². The maximum Gasteiger partial charge on any atom is 0.137 e. The summed E-state index contributed by atoms with van der Waals surface area (Å²) in [5.41, 5.74) is 4.10. The summed E-state index contributed by atoms with van der Waals surface area (Å²) in [5, 5.41) is 4.81.